The third-order valence-corrected chi connectivity index (χ3v) is 5.36. The summed E-state index contributed by atoms with van der Waals surface area (Å²) < 4.78 is 5.41. The molecule has 19 heavy (non-hydrogen) atoms. The minimum absolute atomic E-state index is 0.0984. The Balaban J connectivity index is 1.80. The van der Waals surface area contributed by atoms with Crippen LogP contribution in [0.5, 0.6) is 5.75 Å². The number of benzene rings is 1. The lowest BCUT2D eigenvalue weighted by Gasteiger charge is -2.38. The predicted molar refractivity (Wildman–Crippen MR) is 73.2 cm³/mol. The van der Waals surface area contributed by atoms with Crippen LogP contribution in [0.3, 0.4) is 0 Å². The van der Waals surface area contributed by atoms with E-state index in [-0.39, 0.29) is 5.41 Å². The Morgan fingerprint density at radius 1 is 1.32 bits per heavy atom. The molecule has 2 heteroatoms. The molecule has 3 atom stereocenters. The van der Waals surface area contributed by atoms with E-state index in [1.165, 1.54) is 12.0 Å². The fourth-order valence-electron chi connectivity index (χ4n) is 4.42. The van der Waals surface area contributed by atoms with E-state index in [0.717, 1.165) is 24.2 Å². The first-order valence-corrected chi connectivity index (χ1v) is 7.09. The standard InChI is InChI=1S/C17H18O2/c1-19-15-4-2-3-12-10-17(16(18)8-14(12)15)9-11-5-6-13(17)7-11/h2-6,11,13H,7-10H2,1H3. The zero-order valence-electron chi connectivity index (χ0n) is 11.2. The second-order valence-corrected chi connectivity index (χ2v) is 6.22. The summed E-state index contributed by atoms with van der Waals surface area (Å²) in [5.41, 5.74) is 2.34. The largest absolute Gasteiger partial charge is 0.496 e. The van der Waals surface area contributed by atoms with Gasteiger partial charge >= 0.3 is 0 Å². The first kappa shape index (κ1) is 11.3. The molecule has 0 saturated heterocycles. The monoisotopic (exact) mass is 254 g/mol. The van der Waals surface area contributed by atoms with Crippen LogP contribution in [0.25, 0.3) is 0 Å². The van der Waals surface area contributed by atoms with Crippen molar-refractivity contribution >= 4 is 5.78 Å². The summed E-state index contributed by atoms with van der Waals surface area (Å²) in [6, 6.07) is 6.18. The average molecular weight is 254 g/mol. The van der Waals surface area contributed by atoms with Crippen molar-refractivity contribution in [3.8, 4) is 5.75 Å². The highest BCUT2D eigenvalue weighted by atomic mass is 16.5. The summed E-state index contributed by atoms with van der Waals surface area (Å²) >= 11 is 0. The summed E-state index contributed by atoms with van der Waals surface area (Å²) in [5.74, 6) is 2.42. The maximum Gasteiger partial charge on any atom is 0.144 e. The van der Waals surface area contributed by atoms with E-state index in [9.17, 15) is 4.79 Å². The fourth-order valence-corrected chi connectivity index (χ4v) is 4.42. The van der Waals surface area contributed by atoms with Crippen molar-refractivity contribution in [3.63, 3.8) is 0 Å². The Morgan fingerprint density at radius 3 is 2.89 bits per heavy atom. The first-order valence-electron chi connectivity index (χ1n) is 7.09. The molecule has 1 aromatic carbocycles. The summed E-state index contributed by atoms with van der Waals surface area (Å²) in [6.07, 6.45) is 8.30. The van der Waals surface area contributed by atoms with Gasteiger partial charge in [-0.3, -0.25) is 4.79 Å². The Morgan fingerprint density at radius 2 is 2.21 bits per heavy atom. The lowest BCUT2D eigenvalue weighted by atomic mass is 9.63. The average Bonchev–Trinajstić information content (AvgIpc) is 3.00. The van der Waals surface area contributed by atoms with Crippen LogP contribution in [-0.4, -0.2) is 12.9 Å². The van der Waals surface area contributed by atoms with Gasteiger partial charge in [0.05, 0.1) is 7.11 Å². The van der Waals surface area contributed by atoms with Crippen LogP contribution < -0.4 is 4.74 Å². The number of hydrogen-bond donors (Lipinski definition) is 0. The summed E-state index contributed by atoms with van der Waals surface area (Å²) in [7, 11) is 1.69. The van der Waals surface area contributed by atoms with Crippen molar-refractivity contribution in [1.82, 2.24) is 0 Å². The summed E-state index contributed by atoms with van der Waals surface area (Å²) in [4.78, 5) is 12.7. The SMILES string of the molecule is COc1cccc2c1CC(=O)C1(C2)CC2C=CC1C2. The predicted octanol–water partition coefficient (Wildman–Crippen LogP) is 2.95. The molecule has 0 amide bonds. The summed E-state index contributed by atoms with van der Waals surface area (Å²) in [6.45, 7) is 0. The molecular formula is C17H18O2. The molecule has 1 spiro atoms. The van der Waals surface area contributed by atoms with Gasteiger partial charge in [-0.25, -0.2) is 0 Å². The normalized spacial score (nSPS) is 34.9. The Labute approximate surface area is 113 Å². The topological polar surface area (TPSA) is 26.3 Å². The van der Waals surface area contributed by atoms with Crippen molar-refractivity contribution in [3.05, 3.63) is 41.5 Å². The fraction of sp³-hybridized carbons (Fsp3) is 0.471. The van der Waals surface area contributed by atoms with Crippen molar-refractivity contribution in [2.75, 3.05) is 7.11 Å². The molecule has 2 nitrogen and oxygen atoms in total. The molecule has 4 rings (SSSR count). The molecule has 3 unspecified atom stereocenters. The zero-order chi connectivity index (χ0) is 13.0. The van der Waals surface area contributed by atoms with Gasteiger partial charge in [-0.1, -0.05) is 24.3 Å². The molecule has 1 fully saturated rings. The van der Waals surface area contributed by atoms with Crippen LogP contribution in [0.1, 0.15) is 24.0 Å². The number of methoxy groups -OCH3 is 1. The minimum Gasteiger partial charge on any atom is -0.496 e. The number of rotatable bonds is 1. The summed E-state index contributed by atoms with van der Waals surface area (Å²) in [5, 5.41) is 0. The van der Waals surface area contributed by atoms with Gasteiger partial charge in [0.25, 0.3) is 0 Å². The maximum atomic E-state index is 12.7. The van der Waals surface area contributed by atoms with Crippen LogP contribution in [0, 0.1) is 17.3 Å². The van der Waals surface area contributed by atoms with Crippen LogP contribution >= 0.6 is 0 Å². The van der Waals surface area contributed by atoms with E-state index in [1.807, 2.05) is 12.1 Å². The van der Waals surface area contributed by atoms with E-state index in [1.54, 1.807) is 7.11 Å². The van der Waals surface area contributed by atoms with Crippen LogP contribution in [0.4, 0.5) is 0 Å². The number of carbonyl (C=O) groups is 1. The highest BCUT2D eigenvalue weighted by Gasteiger charge is 2.54. The van der Waals surface area contributed by atoms with Crippen LogP contribution in [0.15, 0.2) is 30.4 Å². The number of allylic oxidation sites excluding steroid dienone is 2. The van der Waals surface area contributed by atoms with E-state index in [4.69, 9.17) is 4.74 Å². The van der Waals surface area contributed by atoms with E-state index in [0.29, 0.717) is 24.0 Å². The number of ketones is 1. The molecule has 0 heterocycles. The molecule has 1 saturated carbocycles. The Bertz CT molecular complexity index is 587. The number of carbonyl (C=O) groups excluding carboxylic acids is 1. The van der Waals surface area contributed by atoms with Crippen molar-refractivity contribution in [1.29, 1.82) is 0 Å². The Kier molecular flexibility index (Phi) is 2.21. The second-order valence-electron chi connectivity index (χ2n) is 6.22. The van der Waals surface area contributed by atoms with Gasteiger partial charge in [-0.05, 0) is 42.7 Å². The lowest BCUT2D eigenvalue weighted by molar-refractivity contribution is -0.130. The molecule has 1 aromatic rings. The molecule has 0 aliphatic heterocycles. The van der Waals surface area contributed by atoms with Crippen molar-refractivity contribution < 1.29 is 9.53 Å². The third kappa shape index (κ3) is 1.40. The van der Waals surface area contributed by atoms with E-state index in [2.05, 4.69) is 18.2 Å². The molecule has 98 valence electrons. The highest BCUT2D eigenvalue weighted by molar-refractivity contribution is 5.91. The van der Waals surface area contributed by atoms with E-state index >= 15 is 0 Å². The molecule has 2 bridgehead atoms. The van der Waals surface area contributed by atoms with Gasteiger partial charge in [0.1, 0.15) is 11.5 Å². The highest BCUT2D eigenvalue weighted by Crippen LogP contribution is 2.56. The number of Topliss-reactive ketones (excluding diaryl/α,β-unsaturated/α-hetero) is 1. The smallest absolute Gasteiger partial charge is 0.144 e. The van der Waals surface area contributed by atoms with Crippen LogP contribution in [-0.2, 0) is 17.6 Å². The van der Waals surface area contributed by atoms with E-state index < -0.39 is 0 Å². The minimum atomic E-state index is -0.0984. The van der Waals surface area contributed by atoms with Gasteiger partial charge in [-0.15, -0.1) is 0 Å². The van der Waals surface area contributed by atoms with Gasteiger partial charge in [0.15, 0.2) is 0 Å². The quantitative estimate of drug-likeness (QED) is 0.720. The van der Waals surface area contributed by atoms with Crippen LogP contribution in [0.2, 0.25) is 0 Å². The zero-order valence-corrected chi connectivity index (χ0v) is 11.2. The number of hydrogen-bond acceptors (Lipinski definition) is 2. The molecule has 3 aliphatic carbocycles. The van der Waals surface area contributed by atoms with Gasteiger partial charge in [0.2, 0.25) is 0 Å². The van der Waals surface area contributed by atoms with Crippen molar-refractivity contribution in [2.45, 2.75) is 25.7 Å². The number of fused-ring (bicyclic) bond motifs is 4. The third-order valence-electron chi connectivity index (χ3n) is 5.36. The lowest BCUT2D eigenvalue weighted by Crippen LogP contribution is -2.41. The first-order chi connectivity index (χ1) is 9.23. The number of ether oxygens (including phenoxy) is 1. The molecule has 0 N–H and O–H groups in total. The Hall–Kier alpha value is -1.57. The van der Waals surface area contributed by atoms with Gasteiger partial charge in [-0.2, -0.15) is 0 Å². The van der Waals surface area contributed by atoms with Gasteiger partial charge in [0, 0.05) is 17.4 Å². The van der Waals surface area contributed by atoms with Crippen molar-refractivity contribution in [2.24, 2.45) is 17.3 Å². The molecule has 0 aromatic heterocycles. The second kappa shape index (κ2) is 3.72. The van der Waals surface area contributed by atoms with Gasteiger partial charge < -0.3 is 4.74 Å². The maximum absolute atomic E-state index is 12.7. The molecular weight excluding hydrogens is 236 g/mol. The molecule has 0 radical (unpaired) electrons. The molecule has 3 aliphatic rings.